The van der Waals surface area contributed by atoms with Crippen LogP contribution in [0.5, 0.6) is 0 Å². The lowest BCUT2D eigenvalue weighted by Crippen LogP contribution is -2.32. The van der Waals surface area contributed by atoms with Gasteiger partial charge in [0.25, 0.3) is 5.91 Å². The van der Waals surface area contributed by atoms with Crippen LogP contribution in [0.1, 0.15) is 46.7 Å². The number of hydrogen-bond acceptors (Lipinski definition) is 5. The quantitative estimate of drug-likeness (QED) is 0.440. The van der Waals surface area contributed by atoms with E-state index in [9.17, 15) is 14.4 Å². The zero-order chi connectivity index (χ0) is 24.1. The molecule has 0 spiro atoms. The molecule has 1 unspecified atom stereocenters. The van der Waals surface area contributed by atoms with Crippen molar-refractivity contribution in [3.8, 4) is 11.1 Å². The first kappa shape index (κ1) is 23.1. The van der Waals surface area contributed by atoms with Gasteiger partial charge in [-0.3, -0.25) is 9.59 Å². The van der Waals surface area contributed by atoms with Crippen LogP contribution in [0.15, 0.2) is 65.1 Å². The maximum Gasteiger partial charge on any atom is 0.407 e. The van der Waals surface area contributed by atoms with Crippen molar-refractivity contribution in [2.45, 2.75) is 25.8 Å². The van der Waals surface area contributed by atoms with Crippen LogP contribution in [-0.4, -0.2) is 36.2 Å². The van der Waals surface area contributed by atoms with Gasteiger partial charge in [0.05, 0.1) is 12.5 Å². The predicted molar refractivity (Wildman–Crippen MR) is 124 cm³/mol. The largest absolute Gasteiger partial charge is 0.481 e. The Morgan fingerprint density at radius 3 is 2.24 bits per heavy atom. The maximum absolute atomic E-state index is 12.3. The number of amides is 2. The van der Waals surface area contributed by atoms with Gasteiger partial charge in [0.1, 0.15) is 12.4 Å². The number of ether oxygens (including phenoxy) is 1. The Labute approximate surface area is 196 Å². The van der Waals surface area contributed by atoms with Gasteiger partial charge in [0, 0.05) is 12.5 Å². The van der Waals surface area contributed by atoms with E-state index < -0.39 is 23.9 Å². The summed E-state index contributed by atoms with van der Waals surface area (Å²) in [5.41, 5.74) is 4.57. The molecule has 34 heavy (non-hydrogen) atoms. The van der Waals surface area contributed by atoms with Crippen molar-refractivity contribution in [2.24, 2.45) is 5.92 Å². The van der Waals surface area contributed by atoms with Gasteiger partial charge in [-0.05, 0) is 40.8 Å². The Kier molecular flexibility index (Phi) is 6.96. The number of nitrogens with one attached hydrogen (secondary N) is 2. The topological polar surface area (TPSA) is 118 Å². The van der Waals surface area contributed by atoms with E-state index in [1.165, 1.54) is 6.07 Å². The summed E-state index contributed by atoms with van der Waals surface area (Å²) in [6.07, 6.45) is -0.181. The molecule has 0 saturated carbocycles. The van der Waals surface area contributed by atoms with Gasteiger partial charge in [-0.15, -0.1) is 0 Å². The Morgan fingerprint density at radius 1 is 0.971 bits per heavy atom. The number of carbonyl (C=O) groups is 3. The van der Waals surface area contributed by atoms with Crippen LogP contribution in [0.3, 0.4) is 0 Å². The normalized spacial score (nSPS) is 13.0. The highest BCUT2D eigenvalue weighted by Crippen LogP contribution is 2.44. The average molecular weight is 463 g/mol. The molecule has 0 radical (unpaired) electrons. The molecule has 1 atom stereocenters. The number of carboxylic acid groups (broad SMARTS) is 1. The Balaban J connectivity index is 1.28. The third-order valence-electron chi connectivity index (χ3n) is 5.99. The Morgan fingerprint density at radius 2 is 1.62 bits per heavy atom. The number of benzene rings is 2. The van der Waals surface area contributed by atoms with Gasteiger partial charge in [0.15, 0.2) is 5.76 Å². The fourth-order valence-corrected chi connectivity index (χ4v) is 4.11. The number of fused-ring (bicyclic) bond motifs is 3. The number of carbonyl (C=O) groups excluding carboxylic acids is 2. The minimum atomic E-state index is -0.963. The predicted octanol–water partition coefficient (Wildman–Crippen LogP) is 4.16. The zero-order valence-electron chi connectivity index (χ0n) is 18.7. The molecule has 2 amide bonds. The highest BCUT2D eigenvalue weighted by molar-refractivity contribution is 5.91. The van der Waals surface area contributed by atoms with Gasteiger partial charge in [-0.2, -0.15) is 0 Å². The summed E-state index contributed by atoms with van der Waals surface area (Å²) in [6, 6.07) is 19.3. The van der Waals surface area contributed by atoms with Crippen LogP contribution < -0.4 is 10.6 Å². The van der Waals surface area contributed by atoms with E-state index in [0.29, 0.717) is 12.2 Å². The highest BCUT2D eigenvalue weighted by Gasteiger charge is 2.29. The molecule has 0 saturated heterocycles. The third-order valence-corrected chi connectivity index (χ3v) is 5.99. The van der Waals surface area contributed by atoms with Crippen LogP contribution >= 0.6 is 0 Å². The maximum atomic E-state index is 12.3. The van der Waals surface area contributed by atoms with Crippen LogP contribution in [-0.2, 0) is 16.1 Å². The first-order valence-corrected chi connectivity index (χ1v) is 11.2. The molecule has 8 heteroatoms. The van der Waals surface area contributed by atoms with E-state index in [1.54, 1.807) is 13.0 Å². The molecule has 0 bridgehead atoms. The van der Waals surface area contributed by atoms with Gasteiger partial charge in [-0.25, -0.2) is 4.79 Å². The van der Waals surface area contributed by atoms with Crippen molar-refractivity contribution in [2.75, 3.05) is 13.2 Å². The van der Waals surface area contributed by atoms with Gasteiger partial charge >= 0.3 is 12.1 Å². The fourth-order valence-electron chi connectivity index (χ4n) is 4.11. The van der Waals surface area contributed by atoms with E-state index in [-0.39, 0.29) is 31.4 Å². The van der Waals surface area contributed by atoms with Crippen LogP contribution in [0.4, 0.5) is 4.79 Å². The Bertz CT molecular complexity index is 1160. The molecular weight excluding hydrogens is 436 g/mol. The number of hydrogen-bond donors (Lipinski definition) is 3. The molecule has 1 aromatic heterocycles. The number of carboxylic acids is 1. The first-order chi connectivity index (χ1) is 16.5. The number of alkyl carbamates (subject to hydrolysis) is 1. The SMILES string of the molecule is CCC(CNC(=O)c1ccc(CNC(=O)OCC2c3ccccc3-c3ccccc32)o1)C(=O)O. The summed E-state index contributed by atoms with van der Waals surface area (Å²) in [7, 11) is 0. The Hall–Kier alpha value is -4.07. The van der Waals surface area contributed by atoms with Crippen LogP contribution in [0, 0.1) is 5.92 Å². The smallest absolute Gasteiger partial charge is 0.407 e. The summed E-state index contributed by atoms with van der Waals surface area (Å²) >= 11 is 0. The summed E-state index contributed by atoms with van der Waals surface area (Å²) < 4.78 is 11.0. The standard InChI is InChI=1S/C26H26N2O6/c1-2-16(25(30)31)13-27-24(29)23-12-11-17(34-23)14-28-26(32)33-15-22-20-9-5-3-7-18(20)19-8-4-6-10-21(19)22/h3-12,16,22H,2,13-15H2,1H3,(H,27,29)(H,28,32)(H,30,31). The van der Waals surface area contributed by atoms with Crippen molar-refractivity contribution < 1.29 is 28.6 Å². The molecular formula is C26H26N2O6. The number of furan rings is 1. The molecule has 0 fully saturated rings. The van der Waals surface area contributed by atoms with Crippen molar-refractivity contribution in [1.82, 2.24) is 10.6 Å². The van der Waals surface area contributed by atoms with Crippen molar-refractivity contribution in [1.29, 1.82) is 0 Å². The van der Waals surface area contributed by atoms with Gasteiger partial charge in [-0.1, -0.05) is 55.5 Å². The fraction of sp³-hybridized carbons (Fsp3) is 0.269. The first-order valence-electron chi connectivity index (χ1n) is 11.2. The highest BCUT2D eigenvalue weighted by atomic mass is 16.5. The van der Waals surface area contributed by atoms with E-state index in [2.05, 4.69) is 34.9 Å². The van der Waals surface area contributed by atoms with E-state index in [1.807, 2.05) is 24.3 Å². The van der Waals surface area contributed by atoms with E-state index >= 15 is 0 Å². The molecule has 3 N–H and O–H groups in total. The molecule has 4 rings (SSSR count). The number of aliphatic carboxylic acids is 1. The number of rotatable bonds is 9. The molecule has 3 aromatic rings. The lowest BCUT2D eigenvalue weighted by atomic mass is 9.98. The zero-order valence-corrected chi connectivity index (χ0v) is 18.7. The van der Waals surface area contributed by atoms with E-state index in [4.69, 9.17) is 14.3 Å². The van der Waals surface area contributed by atoms with Gasteiger partial charge in [0.2, 0.25) is 0 Å². The summed E-state index contributed by atoms with van der Waals surface area (Å²) in [6.45, 7) is 2.01. The second kappa shape index (κ2) is 10.2. The molecule has 1 aliphatic rings. The van der Waals surface area contributed by atoms with Crippen LogP contribution in [0.2, 0.25) is 0 Å². The van der Waals surface area contributed by atoms with Crippen molar-refractivity contribution in [3.05, 3.63) is 83.3 Å². The van der Waals surface area contributed by atoms with Gasteiger partial charge < -0.3 is 24.9 Å². The van der Waals surface area contributed by atoms with Crippen LogP contribution in [0.25, 0.3) is 11.1 Å². The minimum absolute atomic E-state index is 0.0126. The minimum Gasteiger partial charge on any atom is -0.481 e. The molecule has 0 aliphatic heterocycles. The lowest BCUT2D eigenvalue weighted by molar-refractivity contribution is -0.141. The van der Waals surface area contributed by atoms with Crippen molar-refractivity contribution >= 4 is 18.0 Å². The summed E-state index contributed by atoms with van der Waals surface area (Å²) in [5.74, 6) is -1.74. The molecule has 8 nitrogen and oxygen atoms in total. The second-order valence-electron chi connectivity index (χ2n) is 8.10. The summed E-state index contributed by atoms with van der Waals surface area (Å²) in [5, 5.41) is 14.3. The lowest BCUT2D eigenvalue weighted by Gasteiger charge is -2.14. The second-order valence-corrected chi connectivity index (χ2v) is 8.10. The average Bonchev–Trinajstić information content (AvgIpc) is 3.44. The third kappa shape index (κ3) is 4.96. The molecule has 176 valence electrons. The molecule has 1 heterocycles. The van der Waals surface area contributed by atoms with Crippen molar-refractivity contribution in [3.63, 3.8) is 0 Å². The summed E-state index contributed by atoms with van der Waals surface area (Å²) in [4.78, 5) is 35.5. The molecule has 2 aromatic carbocycles. The van der Waals surface area contributed by atoms with E-state index in [0.717, 1.165) is 22.3 Å². The molecule has 1 aliphatic carbocycles. The monoisotopic (exact) mass is 462 g/mol.